The monoisotopic (exact) mass is 246 g/mol. The molecule has 0 N–H and O–H groups in total. The minimum Gasteiger partial charge on any atom is -0.323 e. The smallest absolute Gasteiger partial charge is 0.266 e. The molecule has 0 atom stereocenters. The van der Waals surface area contributed by atoms with Crippen LogP contribution >= 0.6 is 11.8 Å². The van der Waals surface area contributed by atoms with Crippen molar-refractivity contribution in [3.05, 3.63) is 24.0 Å². The topological polar surface area (TPSA) is 17.8 Å². The Bertz CT molecular complexity index is 368. The lowest BCUT2D eigenvalue weighted by atomic mass is 10.4. The Morgan fingerprint density at radius 2 is 2.25 bits per heavy atom. The normalized spacial score (nSPS) is 10.9. The number of hydrogen-bond acceptors (Lipinski definition) is 2. The van der Waals surface area contributed by atoms with Gasteiger partial charge in [0.25, 0.3) is 6.08 Å². The summed E-state index contributed by atoms with van der Waals surface area (Å²) in [5.74, 6) is 0.626. The highest BCUT2D eigenvalue weighted by molar-refractivity contribution is 7.99. The van der Waals surface area contributed by atoms with Gasteiger partial charge in [-0.1, -0.05) is 11.8 Å². The number of halogens is 2. The molecule has 1 aromatic heterocycles. The molecule has 0 spiro atoms. The van der Waals surface area contributed by atoms with E-state index < -0.39 is 6.08 Å². The van der Waals surface area contributed by atoms with Crippen LogP contribution in [0.3, 0.4) is 0 Å². The maximum absolute atomic E-state index is 11.8. The number of aryl methyl sites for hydroxylation is 1. The minimum atomic E-state index is -1.61. The van der Waals surface area contributed by atoms with Crippen LogP contribution in [0.1, 0.15) is 32.0 Å². The van der Waals surface area contributed by atoms with Gasteiger partial charge >= 0.3 is 0 Å². The van der Waals surface area contributed by atoms with E-state index in [1.807, 2.05) is 13.1 Å². The Morgan fingerprint density at radius 3 is 2.81 bits per heavy atom. The molecule has 1 rings (SSSR count). The van der Waals surface area contributed by atoms with Crippen molar-refractivity contribution in [2.45, 2.75) is 38.4 Å². The van der Waals surface area contributed by atoms with Gasteiger partial charge in [-0.05, 0) is 33.3 Å². The molecule has 90 valence electrons. The van der Waals surface area contributed by atoms with Gasteiger partial charge in [-0.15, -0.1) is 0 Å². The highest BCUT2D eigenvalue weighted by atomic mass is 32.2. The number of rotatable bonds is 5. The Labute approximate surface area is 98.8 Å². The van der Waals surface area contributed by atoms with E-state index in [9.17, 15) is 8.78 Å². The molecule has 1 aromatic rings. The average Bonchev–Trinajstić information content (AvgIpc) is 2.54. The van der Waals surface area contributed by atoms with E-state index in [2.05, 4.69) is 23.4 Å². The van der Waals surface area contributed by atoms with Crippen LogP contribution in [0.2, 0.25) is 0 Å². The molecule has 0 aliphatic rings. The molecule has 16 heavy (non-hydrogen) atoms. The van der Waals surface area contributed by atoms with Crippen molar-refractivity contribution in [3.63, 3.8) is 0 Å². The number of aromatic nitrogens is 2. The zero-order valence-electron chi connectivity index (χ0n) is 9.70. The number of imidazole rings is 1. The minimum absolute atomic E-state index is 0.345. The summed E-state index contributed by atoms with van der Waals surface area (Å²) < 4.78 is 25.7. The van der Waals surface area contributed by atoms with Gasteiger partial charge in [-0.25, -0.2) is 4.98 Å². The Kier molecular flexibility index (Phi) is 4.99. The molecule has 0 unspecified atom stereocenters. The van der Waals surface area contributed by atoms with E-state index in [1.54, 1.807) is 0 Å². The lowest BCUT2D eigenvalue weighted by Crippen LogP contribution is -2.01. The van der Waals surface area contributed by atoms with Crippen LogP contribution in [0, 0.1) is 6.92 Å². The first-order valence-corrected chi connectivity index (χ1v) is 6.18. The fourth-order valence-corrected chi connectivity index (χ4v) is 2.33. The van der Waals surface area contributed by atoms with Gasteiger partial charge in [0.1, 0.15) is 0 Å². The molecule has 0 bridgehead atoms. The van der Waals surface area contributed by atoms with Crippen molar-refractivity contribution in [3.8, 4) is 0 Å². The second kappa shape index (κ2) is 6.03. The van der Waals surface area contributed by atoms with E-state index >= 15 is 0 Å². The van der Waals surface area contributed by atoms with Crippen molar-refractivity contribution in [1.82, 2.24) is 9.55 Å². The van der Waals surface area contributed by atoms with E-state index in [0.717, 1.165) is 16.9 Å². The van der Waals surface area contributed by atoms with Crippen molar-refractivity contribution in [2.75, 3.05) is 5.75 Å². The SMILES string of the molecule is Cc1cn(C(C)C)c(SCCC=C(F)F)n1. The molecule has 0 saturated heterocycles. The van der Waals surface area contributed by atoms with Gasteiger partial charge < -0.3 is 4.57 Å². The van der Waals surface area contributed by atoms with Crippen LogP contribution < -0.4 is 0 Å². The number of hydrogen-bond donors (Lipinski definition) is 0. The van der Waals surface area contributed by atoms with Crippen molar-refractivity contribution in [2.24, 2.45) is 0 Å². The summed E-state index contributed by atoms with van der Waals surface area (Å²) in [7, 11) is 0. The van der Waals surface area contributed by atoms with Crippen LogP contribution in [-0.2, 0) is 0 Å². The van der Waals surface area contributed by atoms with Gasteiger partial charge in [0.2, 0.25) is 0 Å². The molecule has 5 heteroatoms. The third-order valence-electron chi connectivity index (χ3n) is 2.02. The van der Waals surface area contributed by atoms with Gasteiger partial charge in [0, 0.05) is 18.0 Å². The summed E-state index contributed by atoms with van der Waals surface area (Å²) >= 11 is 1.51. The maximum Gasteiger partial charge on any atom is 0.266 e. The second-order valence-electron chi connectivity index (χ2n) is 3.80. The predicted octanol–water partition coefficient (Wildman–Crippen LogP) is 4.04. The first-order valence-electron chi connectivity index (χ1n) is 5.20. The third-order valence-corrected chi connectivity index (χ3v) is 3.02. The van der Waals surface area contributed by atoms with Crippen LogP contribution in [-0.4, -0.2) is 15.3 Å². The summed E-state index contributed by atoms with van der Waals surface area (Å²) in [6.45, 7) is 6.09. The molecule has 2 nitrogen and oxygen atoms in total. The maximum atomic E-state index is 11.8. The fraction of sp³-hybridized carbons (Fsp3) is 0.545. The highest BCUT2D eigenvalue weighted by Crippen LogP contribution is 2.22. The molecule has 0 aliphatic heterocycles. The first-order chi connectivity index (χ1) is 7.50. The number of thioether (sulfide) groups is 1. The zero-order chi connectivity index (χ0) is 12.1. The summed E-state index contributed by atoms with van der Waals surface area (Å²) in [6.07, 6.45) is 1.70. The van der Waals surface area contributed by atoms with Gasteiger partial charge in [-0.3, -0.25) is 0 Å². The van der Waals surface area contributed by atoms with E-state index in [4.69, 9.17) is 0 Å². The highest BCUT2D eigenvalue weighted by Gasteiger charge is 2.08. The molecule has 0 fully saturated rings. The largest absolute Gasteiger partial charge is 0.323 e. The number of allylic oxidation sites excluding steroid dienone is 1. The van der Waals surface area contributed by atoms with Gasteiger partial charge in [0.05, 0.1) is 5.69 Å². The average molecular weight is 246 g/mol. The van der Waals surface area contributed by atoms with Crippen molar-refractivity contribution >= 4 is 11.8 Å². The molecule has 0 aromatic carbocycles. The standard InChI is InChI=1S/C11H16F2N2S/c1-8(2)15-7-9(3)14-11(15)16-6-4-5-10(12)13/h5,7-8H,4,6H2,1-3H3. The lowest BCUT2D eigenvalue weighted by molar-refractivity contribution is 0.418. The molecule has 0 saturated carbocycles. The Balaban J connectivity index is 2.56. The van der Waals surface area contributed by atoms with Crippen LogP contribution in [0.5, 0.6) is 0 Å². The van der Waals surface area contributed by atoms with E-state index in [1.165, 1.54) is 11.8 Å². The first kappa shape index (κ1) is 13.2. The summed E-state index contributed by atoms with van der Waals surface area (Å²) in [5, 5.41) is 0.903. The zero-order valence-corrected chi connectivity index (χ0v) is 10.5. The lowest BCUT2D eigenvalue weighted by Gasteiger charge is -2.09. The fourth-order valence-electron chi connectivity index (χ4n) is 1.29. The molecule has 0 aliphatic carbocycles. The number of nitrogens with zero attached hydrogens (tertiary/aromatic N) is 2. The van der Waals surface area contributed by atoms with E-state index in [0.29, 0.717) is 18.2 Å². The van der Waals surface area contributed by atoms with Gasteiger partial charge in [0.15, 0.2) is 5.16 Å². The Hall–Kier alpha value is -0.840. The molecule has 0 radical (unpaired) electrons. The van der Waals surface area contributed by atoms with Crippen LogP contribution in [0.25, 0.3) is 0 Å². The van der Waals surface area contributed by atoms with Crippen LogP contribution in [0.4, 0.5) is 8.78 Å². The molecule has 0 amide bonds. The van der Waals surface area contributed by atoms with Crippen molar-refractivity contribution < 1.29 is 8.78 Å². The summed E-state index contributed by atoms with van der Waals surface area (Å²) in [4.78, 5) is 4.37. The summed E-state index contributed by atoms with van der Waals surface area (Å²) in [6, 6.07) is 0.345. The van der Waals surface area contributed by atoms with E-state index in [-0.39, 0.29) is 0 Å². The Morgan fingerprint density at radius 1 is 1.56 bits per heavy atom. The van der Waals surface area contributed by atoms with Crippen molar-refractivity contribution in [1.29, 1.82) is 0 Å². The summed E-state index contributed by atoms with van der Waals surface area (Å²) in [5.41, 5.74) is 0.961. The molecular weight excluding hydrogens is 230 g/mol. The molecule has 1 heterocycles. The quantitative estimate of drug-likeness (QED) is 0.576. The van der Waals surface area contributed by atoms with Gasteiger partial charge in [-0.2, -0.15) is 8.78 Å². The van der Waals surface area contributed by atoms with Crippen LogP contribution in [0.15, 0.2) is 23.5 Å². The predicted molar refractivity (Wildman–Crippen MR) is 63.0 cm³/mol. The molecular formula is C11H16F2N2S. The third kappa shape index (κ3) is 3.96. The second-order valence-corrected chi connectivity index (χ2v) is 4.86.